The molecule has 0 saturated carbocycles. The third-order valence-corrected chi connectivity index (χ3v) is 3.10. The van der Waals surface area contributed by atoms with Gasteiger partial charge in [0.1, 0.15) is 5.75 Å². The van der Waals surface area contributed by atoms with Crippen LogP contribution in [0.4, 0.5) is 0 Å². The summed E-state index contributed by atoms with van der Waals surface area (Å²) in [7, 11) is 1.69. The summed E-state index contributed by atoms with van der Waals surface area (Å²) in [6, 6.07) is 6.08. The van der Waals surface area contributed by atoms with Crippen LogP contribution in [0.5, 0.6) is 5.75 Å². The minimum atomic E-state index is -0.0371. The third kappa shape index (κ3) is 1.51. The minimum absolute atomic E-state index is 0.0371. The van der Waals surface area contributed by atoms with Crippen molar-refractivity contribution in [3.63, 3.8) is 0 Å². The molecule has 2 rings (SSSR count). The molecule has 0 unspecified atom stereocenters. The summed E-state index contributed by atoms with van der Waals surface area (Å²) < 4.78 is 5.33. The first-order valence-corrected chi connectivity index (χ1v) is 5.38. The molecule has 0 radical (unpaired) electrons. The van der Waals surface area contributed by atoms with E-state index in [-0.39, 0.29) is 5.41 Å². The van der Waals surface area contributed by atoms with E-state index >= 15 is 0 Å². The lowest BCUT2D eigenvalue weighted by atomic mass is 9.85. The van der Waals surface area contributed by atoms with Crippen LogP contribution >= 0.6 is 0 Å². The average Bonchev–Trinajstić information content (AvgIpc) is 2.73. The number of H-pyrrole nitrogens is 1. The predicted octanol–water partition coefficient (Wildman–Crippen LogP) is 3.64. The van der Waals surface area contributed by atoms with Gasteiger partial charge in [-0.2, -0.15) is 0 Å². The summed E-state index contributed by atoms with van der Waals surface area (Å²) >= 11 is 0. The first-order valence-electron chi connectivity index (χ1n) is 5.38. The fourth-order valence-corrected chi connectivity index (χ4v) is 1.94. The fraction of sp³-hybridized carbons (Fsp3) is 0.286. The Balaban J connectivity index is 2.71. The molecule has 2 heteroatoms. The van der Waals surface area contributed by atoms with E-state index in [9.17, 15) is 0 Å². The second-order valence-corrected chi connectivity index (χ2v) is 4.51. The van der Waals surface area contributed by atoms with Gasteiger partial charge in [0.05, 0.1) is 12.6 Å². The van der Waals surface area contributed by atoms with E-state index in [1.807, 2.05) is 24.4 Å². The lowest BCUT2D eigenvalue weighted by Gasteiger charge is -2.19. The standard InChI is InChI=1S/C14H17NO/c1-5-14(2,3)11-9-15-13-10(11)7-6-8-12(13)16-4/h5-9,15H,1H2,2-4H3. The molecular formula is C14H17NO. The molecule has 1 aromatic carbocycles. The number of fused-ring (bicyclic) bond motifs is 1. The number of benzene rings is 1. The number of methoxy groups -OCH3 is 1. The van der Waals surface area contributed by atoms with Crippen molar-refractivity contribution in [3.05, 3.63) is 42.6 Å². The molecule has 0 saturated heterocycles. The van der Waals surface area contributed by atoms with E-state index in [1.165, 1.54) is 10.9 Å². The maximum absolute atomic E-state index is 5.33. The van der Waals surface area contributed by atoms with Gasteiger partial charge in [-0.15, -0.1) is 6.58 Å². The van der Waals surface area contributed by atoms with Crippen LogP contribution in [0.1, 0.15) is 19.4 Å². The number of nitrogens with one attached hydrogen (secondary N) is 1. The Hall–Kier alpha value is -1.70. The van der Waals surface area contributed by atoms with E-state index < -0.39 is 0 Å². The highest BCUT2D eigenvalue weighted by molar-refractivity contribution is 5.89. The molecule has 2 aromatic rings. The smallest absolute Gasteiger partial charge is 0.142 e. The van der Waals surface area contributed by atoms with E-state index in [1.54, 1.807) is 7.11 Å². The molecule has 0 aliphatic heterocycles. The van der Waals surface area contributed by atoms with Crippen molar-refractivity contribution in [2.45, 2.75) is 19.3 Å². The normalized spacial score (nSPS) is 11.7. The maximum atomic E-state index is 5.33. The molecule has 84 valence electrons. The van der Waals surface area contributed by atoms with Gasteiger partial charge in [0.15, 0.2) is 0 Å². The Morgan fingerprint density at radius 3 is 2.75 bits per heavy atom. The first kappa shape index (κ1) is 10.8. The summed E-state index contributed by atoms with van der Waals surface area (Å²) in [4.78, 5) is 3.28. The highest BCUT2D eigenvalue weighted by Gasteiger charge is 2.20. The zero-order chi connectivity index (χ0) is 11.8. The van der Waals surface area contributed by atoms with Gasteiger partial charge in [-0.1, -0.05) is 32.1 Å². The van der Waals surface area contributed by atoms with Crippen molar-refractivity contribution < 1.29 is 4.74 Å². The quantitative estimate of drug-likeness (QED) is 0.777. The van der Waals surface area contributed by atoms with Gasteiger partial charge in [0.25, 0.3) is 0 Å². The average molecular weight is 215 g/mol. The molecule has 1 heterocycles. The number of ether oxygens (including phenoxy) is 1. The number of hydrogen-bond donors (Lipinski definition) is 1. The van der Waals surface area contributed by atoms with Crippen LogP contribution in [0.15, 0.2) is 37.1 Å². The van der Waals surface area contributed by atoms with E-state index in [4.69, 9.17) is 4.74 Å². The second-order valence-electron chi connectivity index (χ2n) is 4.51. The van der Waals surface area contributed by atoms with Crippen molar-refractivity contribution in [2.24, 2.45) is 0 Å². The van der Waals surface area contributed by atoms with Crippen LogP contribution in [-0.4, -0.2) is 12.1 Å². The Labute approximate surface area is 95.9 Å². The molecular weight excluding hydrogens is 198 g/mol. The summed E-state index contributed by atoms with van der Waals surface area (Å²) in [6.07, 6.45) is 4.00. The SMILES string of the molecule is C=CC(C)(C)c1c[nH]c2c(OC)cccc12. The molecule has 1 N–H and O–H groups in total. The van der Waals surface area contributed by atoms with E-state index in [0.717, 1.165) is 11.3 Å². The summed E-state index contributed by atoms with van der Waals surface area (Å²) in [5, 5.41) is 1.20. The molecule has 0 aliphatic rings. The van der Waals surface area contributed by atoms with Crippen molar-refractivity contribution in [1.29, 1.82) is 0 Å². The number of hydrogen-bond acceptors (Lipinski definition) is 1. The molecule has 0 spiro atoms. The molecule has 1 aromatic heterocycles. The summed E-state index contributed by atoms with van der Waals surface area (Å²) in [6.45, 7) is 8.20. The molecule has 0 aliphatic carbocycles. The Morgan fingerprint density at radius 1 is 1.38 bits per heavy atom. The van der Waals surface area contributed by atoms with Crippen LogP contribution in [0.25, 0.3) is 10.9 Å². The van der Waals surface area contributed by atoms with Crippen LogP contribution < -0.4 is 4.74 Å². The van der Waals surface area contributed by atoms with Crippen molar-refractivity contribution in [2.75, 3.05) is 7.11 Å². The third-order valence-electron chi connectivity index (χ3n) is 3.10. The molecule has 0 atom stereocenters. The van der Waals surface area contributed by atoms with Gasteiger partial charge < -0.3 is 9.72 Å². The highest BCUT2D eigenvalue weighted by atomic mass is 16.5. The zero-order valence-electron chi connectivity index (χ0n) is 10.0. The van der Waals surface area contributed by atoms with Gasteiger partial charge in [0, 0.05) is 17.0 Å². The summed E-state index contributed by atoms with van der Waals surface area (Å²) in [5.74, 6) is 0.878. The molecule has 16 heavy (non-hydrogen) atoms. The Kier molecular flexibility index (Phi) is 2.50. The Morgan fingerprint density at radius 2 is 2.12 bits per heavy atom. The monoisotopic (exact) mass is 215 g/mol. The van der Waals surface area contributed by atoms with Gasteiger partial charge in [-0.05, 0) is 11.6 Å². The van der Waals surface area contributed by atoms with Gasteiger partial charge in [0.2, 0.25) is 0 Å². The van der Waals surface area contributed by atoms with Crippen molar-refractivity contribution >= 4 is 10.9 Å². The van der Waals surface area contributed by atoms with Crippen LogP contribution in [0, 0.1) is 0 Å². The number of para-hydroxylation sites is 1. The molecule has 2 nitrogen and oxygen atoms in total. The number of allylic oxidation sites excluding steroid dienone is 1. The topological polar surface area (TPSA) is 25.0 Å². The van der Waals surface area contributed by atoms with Gasteiger partial charge in [-0.25, -0.2) is 0 Å². The first-order chi connectivity index (χ1) is 7.60. The van der Waals surface area contributed by atoms with Gasteiger partial charge in [-0.3, -0.25) is 0 Å². The predicted molar refractivity (Wildman–Crippen MR) is 68.1 cm³/mol. The van der Waals surface area contributed by atoms with Crippen LogP contribution in [0.2, 0.25) is 0 Å². The highest BCUT2D eigenvalue weighted by Crippen LogP contribution is 2.34. The van der Waals surface area contributed by atoms with Crippen LogP contribution in [0.3, 0.4) is 0 Å². The summed E-state index contributed by atoms with van der Waals surface area (Å²) in [5.41, 5.74) is 2.26. The maximum Gasteiger partial charge on any atom is 0.142 e. The fourth-order valence-electron chi connectivity index (χ4n) is 1.94. The van der Waals surface area contributed by atoms with E-state index in [0.29, 0.717) is 0 Å². The number of aromatic nitrogens is 1. The van der Waals surface area contributed by atoms with Crippen molar-refractivity contribution in [3.8, 4) is 5.75 Å². The lowest BCUT2D eigenvalue weighted by Crippen LogP contribution is -2.11. The second kappa shape index (κ2) is 3.71. The number of rotatable bonds is 3. The van der Waals surface area contributed by atoms with Crippen LogP contribution in [-0.2, 0) is 5.41 Å². The molecule has 0 amide bonds. The Bertz CT molecular complexity index is 523. The lowest BCUT2D eigenvalue weighted by molar-refractivity contribution is 0.419. The number of aromatic amines is 1. The van der Waals surface area contributed by atoms with E-state index in [2.05, 4.69) is 31.5 Å². The minimum Gasteiger partial charge on any atom is -0.495 e. The van der Waals surface area contributed by atoms with Gasteiger partial charge >= 0.3 is 0 Å². The zero-order valence-corrected chi connectivity index (χ0v) is 10.0. The molecule has 0 bridgehead atoms. The molecule has 0 fully saturated rings. The largest absolute Gasteiger partial charge is 0.495 e. The van der Waals surface area contributed by atoms with Crippen molar-refractivity contribution in [1.82, 2.24) is 4.98 Å².